The molecule has 21 heavy (non-hydrogen) atoms. The monoisotopic (exact) mass is 305 g/mol. The number of carbonyl (C=O) groups is 1. The quantitative estimate of drug-likeness (QED) is 0.872. The molecule has 0 aromatic carbocycles. The molecule has 7 heteroatoms. The van der Waals surface area contributed by atoms with E-state index < -0.39 is 0 Å². The SMILES string of the molecule is O=C(NCCc1ccsc1)c1ncn(C2CCCNC2)n1. The molecule has 0 bridgehead atoms. The van der Waals surface area contributed by atoms with Crippen LogP contribution in [0.2, 0.25) is 0 Å². The summed E-state index contributed by atoms with van der Waals surface area (Å²) >= 11 is 1.67. The number of rotatable bonds is 5. The number of piperidine rings is 1. The van der Waals surface area contributed by atoms with Crippen LogP contribution < -0.4 is 10.6 Å². The average molecular weight is 305 g/mol. The van der Waals surface area contributed by atoms with Crippen molar-refractivity contribution in [3.63, 3.8) is 0 Å². The fourth-order valence-corrected chi connectivity index (χ4v) is 3.15. The Balaban J connectivity index is 1.51. The van der Waals surface area contributed by atoms with Crippen molar-refractivity contribution in [2.75, 3.05) is 19.6 Å². The fraction of sp³-hybridized carbons (Fsp3) is 0.500. The van der Waals surface area contributed by atoms with Crippen molar-refractivity contribution in [2.24, 2.45) is 0 Å². The molecule has 0 radical (unpaired) electrons. The molecule has 0 aliphatic carbocycles. The number of amides is 1. The second kappa shape index (κ2) is 6.82. The van der Waals surface area contributed by atoms with Crippen LogP contribution in [0.5, 0.6) is 0 Å². The zero-order chi connectivity index (χ0) is 14.5. The molecule has 0 spiro atoms. The largest absolute Gasteiger partial charge is 0.349 e. The summed E-state index contributed by atoms with van der Waals surface area (Å²) in [5.41, 5.74) is 1.24. The van der Waals surface area contributed by atoms with Gasteiger partial charge >= 0.3 is 0 Å². The van der Waals surface area contributed by atoms with Gasteiger partial charge in [-0.15, -0.1) is 5.10 Å². The first-order valence-corrected chi connectivity index (χ1v) is 8.18. The third-order valence-electron chi connectivity index (χ3n) is 3.64. The van der Waals surface area contributed by atoms with Gasteiger partial charge in [0.1, 0.15) is 6.33 Å². The minimum absolute atomic E-state index is 0.201. The maximum atomic E-state index is 12.0. The van der Waals surface area contributed by atoms with Crippen molar-refractivity contribution in [1.82, 2.24) is 25.4 Å². The number of nitrogens with one attached hydrogen (secondary N) is 2. The van der Waals surface area contributed by atoms with Gasteiger partial charge in [0.15, 0.2) is 0 Å². The van der Waals surface area contributed by atoms with Crippen molar-refractivity contribution in [1.29, 1.82) is 0 Å². The number of nitrogens with zero attached hydrogens (tertiary/aromatic N) is 3. The van der Waals surface area contributed by atoms with Crippen molar-refractivity contribution in [3.05, 3.63) is 34.5 Å². The Kier molecular flexibility index (Phi) is 4.62. The maximum Gasteiger partial charge on any atom is 0.290 e. The second-order valence-corrected chi connectivity index (χ2v) is 5.97. The third-order valence-corrected chi connectivity index (χ3v) is 4.37. The predicted molar refractivity (Wildman–Crippen MR) is 81.5 cm³/mol. The molecule has 0 saturated carbocycles. The van der Waals surface area contributed by atoms with E-state index in [-0.39, 0.29) is 11.7 Å². The van der Waals surface area contributed by atoms with Crippen LogP contribution in [0.3, 0.4) is 0 Å². The van der Waals surface area contributed by atoms with Crippen LogP contribution in [0.25, 0.3) is 0 Å². The van der Waals surface area contributed by atoms with E-state index in [1.807, 2.05) is 5.38 Å². The summed E-state index contributed by atoms with van der Waals surface area (Å²) in [6, 6.07) is 2.37. The van der Waals surface area contributed by atoms with Gasteiger partial charge in [-0.1, -0.05) is 0 Å². The molecule has 2 N–H and O–H groups in total. The number of hydrogen-bond acceptors (Lipinski definition) is 5. The molecule has 1 aliphatic rings. The van der Waals surface area contributed by atoms with Gasteiger partial charge in [-0.25, -0.2) is 9.67 Å². The maximum absolute atomic E-state index is 12.0. The van der Waals surface area contributed by atoms with Gasteiger partial charge in [0, 0.05) is 13.1 Å². The average Bonchev–Trinajstić information content (AvgIpc) is 3.20. The van der Waals surface area contributed by atoms with E-state index >= 15 is 0 Å². The van der Waals surface area contributed by atoms with Crippen LogP contribution >= 0.6 is 11.3 Å². The first kappa shape index (κ1) is 14.2. The van der Waals surface area contributed by atoms with Gasteiger partial charge < -0.3 is 10.6 Å². The summed E-state index contributed by atoms with van der Waals surface area (Å²) < 4.78 is 1.81. The molecular weight excluding hydrogens is 286 g/mol. The van der Waals surface area contributed by atoms with E-state index in [2.05, 4.69) is 32.2 Å². The Morgan fingerprint density at radius 3 is 3.29 bits per heavy atom. The first-order chi connectivity index (χ1) is 10.3. The minimum Gasteiger partial charge on any atom is -0.349 e. The van der Waals surface area contributed by atoms with E-state index in [1.54, 1.807) is 22.3 Å². The van der Waals surface area contributed by atoms with Crippen LogP contribution in [-0.4, -0.2) is 40.3 Å². The molecule has 1 atom stereocenters. The molecule has 1 fully saturated rings. The molecule has 1 aliphatic heterocycles. The number of carbonyl (C=O) groups excluding carboxylic acids is 1. The molecule has 1 saturated heterocycles. The Bertz CT molecular complexity index is 574. The van der Waals surface area contributed by atoms with E-state index in [9.17, 15) is 4.79 Å². The molecule has 6 nitrogen and oxygen atoms in total. The summed E-state index contributed by atoms with van der Waals surface area (Å²) in [5.74, 6) is 0.0543. The Hall–Kier alpha value is -1.73. The predicted octanol–water partition coefficient (Wildman–Crippen LogP) is 1.24. The van der Waals surface area contributed by atoms with Crippen LogP contribution in [-0.2, 0) is 6.42 Å². The highest BCUT2D eigenvalue weighted by molar-refractivity contribution is 7.07. The van der Waals surface area contributed by atoms with Crippen molar-refractivity contribution in [2.45, 2.75) is 25.3 Å². The van der Waals surface area contributed by atoms with Gasteiger partial charge in [-0.05, 0) is 48.2 Å². The minimum atomic E-state index is -0.201. The van der Waals surface area contributed by atoms with Crippen LogP contribution in [0.4, 0.5) is 0 Å². The Morgan fingerprint density at radius 1 is 1.57 bits per heavy atom. The summed E-state index contributed by atoms with van der Waals surface area (Å²) in [5, 5.41) is 14.6. The lowest BCUT2D eigenvalue weighted by Crippen LogP contribution is -2.32. The number of thiophene rings is 1. The van der Waals surface area contributed by atoms with Crippen molar-refractivity contribution >= 4 is 17.2 Å². The van der Waals surface area contributed by atoms with Crippen LogP contribution in [0.15, 0.2) is 23.2 Å². The zero-order valence-corrected chi connectivity index (χ0v) is 12.6. The Labute approximate surface area is 127 Å². The zero-order valence-electron chi connectivity index (χ0n) is 11.8. The number of hydrogen-bond donors (Lipinski definition) is 2. The topological polar surface area (TPSA) is 71.8 Å². The van der Waals surface area contributed by atoms with Crippen molar-refractivity contribution in [3.8, 4) is 0 Å². The fourth-order valence-electron chi connectivity index (χ4n) is 2.45. The molecule has 3 heterocycles. The van der Waals surface area contributed by atoms with E-state index in [0.29, 0.717) is 12.6 Å². The van der Waals surface area contributed by atoms with E-state index in [4.69, 9.17) is 0 Å². The lowest BCUT2D eigenvalue weighted by molar-refractivity contribution is 0.0943. The van der Waals surface area contributed by atoms with Crippen LogP contribution in [0.1, 0.15) is 35.1 Å². The summed E-state index contributed by atoms with van der Waals surface area (Å²) in [4.78, 5) is 16.1. The highest BCUT2D eigenvalue weighted by atomic mass is 32.1. The van der Waals surface area contributed by atoms with Gasteiger partial charge in [-0.2, -0.15) is 11.3 Å². The van der Waals surface area contributed by atoms with Gasteiger partial charge in [0.25, 0.3) is 5.91 Å². The van der Waals surface area contributed by atoms with Gasteiger partial charge in [-0.3, -0.25) is 4.79 Å². The molecule has 112 valence electrons. The van der Waals surface area contributed by atoms with Crippen LogP contribution in [0, 0.1) is 0 Å². The second-order valence-electron chi connectivity index (χ2n) is 5.19. The normalized spacial score (nSPS) is 18.6. The van der Waals surface area contributed by atoms with Crippen molar-refractivity contribution < 1.29 is 4.79 Å². The van der Waals surface area contributed by atoms with Gasteiger partial charge in [0.05, 0.1) is 6.04 Å². The van der Waals surface area contributed by atoms with E-state index in [1.165, 1.54) is 5.56 Å². The first-order valence-electron chi connectivity index (χ1n) is 7.24. The third kappa shape index (κ3) is 3.68. The highest BCUT2D eigenvalue weighted by Gasteiger charge is 2.18. The lowest BCUT2D eigenvalue weighted by Gasteiger charge is -2.22. The summed E-state index contributed by atoms with van der Waals surface area (Å²) in [6.07, 6.45) is 4.70. The molecule has 1 unspecified atom stereocenters. The van der Waals surface area contributed by atoms with E-state index in [0.717, 1.165) is 32.4 Å². The standard InChI is InChI=1S/C14H19N5OS/c20-14(16-6-3-11-4-7-21-9-11)13-17-10-19(18-13)12-2-1-5-15-8-12/h4,7,9-10,12,15H,1-3,5-6,8H2,(H,16,20). The Morgan fingerprint density at radius 2 is 2.52 bits per heavy atom. The molecule has 2 aromatic rings. The number of aromatic nitrogens is 3. The molecule has 1 amide bonds. The summed E-state index contributed by atoms with van der Waals surface area (Å²) in [6.45, 7) is 2.55. The molecular formula is C14H19N5OS. The smallest absolute Gasteiger partial charge is 0.290 e. The van der Waals surface area contributed by atoms with Gasteiger partial charge in [0.2, 0.25) is 5.82 Å². The summed E-state index contributed by atoms with van der Waals surface area (Å²) in [7, 11) is 0. The molecule has 3 rings (SSSR count). The highest BCUT2D eigenvalue weighted by Crippen LogP contribution is 2.14. The lowest BCUT2D eigenvalue weighted by atomic mass is 10.1. The molecule has 2 aromatic heterocycles.